The third kappa shape index (κ3) is 3.04. The van der Waals surface area contributed by atoms with Crippen molar-refractivity contribution in [2.24, 2.45) is 7.05 Å². The highest BCUT2D eigenvalue weighted by Crippen LogP contribution is 2.30. The molecule has 1 aromatic carbocycles. The Bertz CT molecular complexity index is 708. The molecule has 20 heavy (non-hydrogen) atoms. The molecule has 2 rings (SSSR count). The van der Waals surface area contributed by atoms with E-state index in [0.717, 1.165) is 5.56 Å². The van der Waals surface area contributed by atoms with Crippen molar-refractivity contribution in [2.45, 2.75) is 16.8 Å². The molecule has 0 aliphatic rings. The molecule has 0 aliphatic heterocycles. The fourth-order valence-electron chi connectivity index (χ4n) is 1.74. The molecule has 1 heterocycles. The molecule has 1 unspecified atom stereocenters. The number of para-hydroxylation sites is 1. The van der Waals surface area contributed by atoms with Gasteiger partial charge in [-0.2, -0.15) is 8.42 Å². The molecular formula is C11H12Br2N4O2S. The van der Waals surface area contributed by atoms with Crippen molar-refractivity contribution in [1.29, 1.82) is 0 Å². The third-order valence-corrected chi connectivity index (χ3v) is 5.37. The Balaban J connectivity index is 2.45. The summed E-state index contributed by atoms with van der Waals surface area (Å²) in [5.41, 5.74) is 1.37. The maximum atomic E-state index is 12.4. The van der Waals surface area contributed by atoms with Gasteiger partial charge in [-0.1, -0.05) is 39.3 Å². The second-order valence-corrected chi connectivity index (χ2v) is 7.84. The van der Waals surface area contributed by atoms with Gasteiger partial charge in [-0.05, 0) is 34.5 Å². The fourth-order valence-corrected chi connectivity index (χ4v) is 4.32. The number of hydrogen-bond acceptors (Lipinski definition) is 4. The lowest BCUT2D eigenvalue weighted by atomic mass is 10.1. The molecule has 0 saturated heterocycles. The smallest absolute Gasteiger partial charge is 0.278 e. The first kappa shape index (κ1) is 15.5. The fraction of sp³-hybridized carbons (Fsp3) is 0.273. The third-order valence-electron chi connectivity index (χ3n) is 2.63. The molecule has 9 heteroatoms. The summed E-state index contributed by atoms with van der Waals surface area (Å²) < 4.78 is 28.8. The van der Waals surface area contributed by atoms with Gasteiger partial charge in [0.15, 0.2) is 4.60 Å². The van der Waals surface area contributed by atoms with Gasteiger partial charge >= 0.3 is 0 Å². The zero-order valence-electron chi connectivity index (χ0n) is 10.7. The summed E-state index contributed by atoms with van der Waals surface area (Å²) in [6, 6.07) is 7.19. The number of alkyl halides is 1. The monoisotopic (exact) mass is 422 g/mol. The standard InChI is InChI=1S/C11H12Br2N4O2S/c1-7(12)8-5-3-4-6-9(8)15-20(18,19)11-10(13)14-16-17(11)2/h3-7,15H,1-2H3. The number of sulfonamides is 1. The topological polar surface area (TPSA) is 76.9 Å². The van der Waals surface area contributed by atoms with Crippen LogP contribution in [0.5, 0.6) is 0 Å². The van der Waals surface area contributed by atoms with Gasteiger partial charge in [0.25, 0.3) is 10.0 Å². The minimum atomic E-state index is -3.77. The van der Waals surface area contributed by atoms with E-state index in [1.165, 1.54) is 11.7 Å². The van der Waals surface area contributed by atoms with E-state index in [-0.39, 0.29) is 14.5 Å². The molecule has 0 aliphatic carbocycles. The molecule has 6 nitrogen and oxygen atoms in total. The van der Waals surface area contributed by atoms with Crippen LogP contribution in [0.2, 0.25) is 0 Å². The van der Waals surface area contributed by atoms with Crippen LogP contribution in [0.15, 0.2) is 33.9 Å². The highest BCUT2D eigenvalue weighted by Gasteiger charge is 2.25. The zero-order valence-corrected chi connectivity index (χ0v) is 14.7. The van der Waals surface area contributed by atoms with Gasteiger partial charge in [0.05, 0.1) is 5.69 Å². The lowest BCUT2D eigenvalue weighted by Gasteiger charge is -2.13. The highest BCUT2D eigenvalue weighted by atomic mass is 79.9. The summed E-state index contributed by atoms with van der Waals surface area (Å²) in [7, 11) is -2.25. The number of rotatable bonds is 4. The van der Waals surface area contributed by atoms with Gasteiger partial charge < -0.3 is 0 Å². The molecule has 0 spiro atoms. The van der Waals surface area contributed by atoms with Crippen LogP contribution in [-0.2, 0) is 17.1 Å². The van der Waals surface area contributed by atoms with E-state index < -0.39 is 10.0 Å². The number of benzene rings is 1. The van der Waals surface area contributed by atoms with Crippen molar-refractivity contribution in [3.05, 3.63) is 34.4 Å². The molecular weight excluding hydrogens is 412 g/mol. The number of aryl methyl sites for hydroxylation is 1. The Morgan fingerprint density at radius 1 is 1.35 bits per heavy atom. The van der Waals surface area contributed by atoms with Crippen LogP contribution in [-0.4, -0.2) is 23.4 Å². The van der Waals surface area contributed by atoms with E-state index in [9.17, 15) is 8.42 Å². The van der Waals surface area contributed by atoms with Crippen molar-refractivity contribution in [1.82, 2.24) is 15.0 Å². The first-order valence-electron chi connectivity index (χ1n) is 5.64. The van der Waals surface area contributed by atoms with Crippen LogP contribution >= 0.6 is 31.9 Å². The van der Waals surface area contributed by atoms with Crippen LogP contribution in [0, 0.1) is 0 Å². The van der Waals surface area contributed by atoms with E-state index in [1.807, 2.05) is 19.1 Å². The largest absolute Gasteiger partial charge is 0.281 e. The normalized spacial score (nSPS) is 13.2. The number of halogens is 2. The Morgan fingerprint density at radius 3 is 2.55 bits per heavy atom. The van der Waals surface area contributed by atoms with Gasteiger partial charge in [-0.3, -0.25) is 4.72 Å². The molecule has 1 N–H and O–H groups in total. The Kier molecular flexibility index (Phi) is 4.50. The minimum Gasteiger partial charge on any atom is -0.278 e. The minimum absolute atomic E-state index is 0.0190. The van der Waals surface area contributed by atoms with Crippen molar-refractivity contribution in [3.8, 4) is 0 Å². The number of hydrogen-bond donors (Lipinski definition) is 1. The van der Waals surface area contributed by atoms with Crippen LogP contribution in [0.1, 0.15) is 17.3 Å². The summed E-state index contributed by atoms with van der Waals surface area (Å²) in [6.45, 7) is 1.93. The average Bonchev–Trinajstić information content (AvgIpc) is 2.69. The molecule has 108 valence electrons. The second-order valence-electron chi connectivity index (χ2n) is 4.12. The van der Waals surface area contributed by atoms with Crippen molar-refractivity contribution < 1.29 is 8.42 Å². The van der Waals surface area contributed by atoms with Crippen LogP contribution in [0.25, 0.3) is 0 Å². The molecule has 0 fully saturated rings. The number of anilines is 1. The summed E-state index contributed by atoms with van der Waals surface area (Å²) in [6.07, 6.45) is 0. The number of nitrogens with one attached hydrogen (secondary N) is 1. The molecule has 0 amide bonds. The predicted molar refractivity (Wildman–Crippen MR) is 83.3 cm³/mol. The molecule has 0 bridgehead atoms. The van der Waals surface area contributed by atoms with Crippen LogP contribution in [0.3, 0.4) is 0 Å². The van der Waals surface area contributed by atoms with E-state index >= 15 is 0 Å². The molecule has 0 radical (unpaired) electrons. The van der Waals surface area contributed by atoms with Gasteiger partial charge in [0, 0.05) is 11.9 Å². The van der Waals surface area contributed by atoms with E-state index in [4.69, 9.17) is 0 Å². The van der Waals surface area contributed by atoms with Gasteiger partial charge in [-0.15, -0.1) is 5.10 Å². The van der Waals surface area contributed by atoms with Crippen LogP contribution in [0.4, 0.5) is 5.69 Å². The van der Waals surface area contributed by atoms with Crippen LogP contribution < -0.4 is 4.72 Å². The summed E-state index contributed by atoms with van der Waals surface area (Å²) >= 11 is 6.54. The number of aromatic nitrogens is 3. The van der Waals surface area contributed by atoms with Gasteiger partial charge in [-0.25, -0.2) is 4.68 Å². The van der Waals surface area contributed by atoms with Crippen molar-refractivity contribution >= 4 is 47.6 Å². The highest BCUT2D eigenvalue weighted by molar-refractivity contribution is 9.10. The maximum Gasteiger partial charge on any atom is 0.281 e. The van der Waals surface area contributed by atoms with E-state index in [0.29, 0.717) is 5.69 Å². The predicted octanol–water partition coefficient (Wildman–Crippen LogP) is 2.83. The maximum absolute atomic E-state index is 12.4. The lowest BCUT2D eigenvalue weighted by molar-refractivity contribution is 0.578. The summed E-state index contributed by atoms with van der Waals surface area (Å²) in [5.74, 6) is 0. The van der Waals surface area contributed by atoms with Gasteiger partial charge in [0.1, 0.15) is 0 Å². The van der Waals surface area contributed by atoms with E-state index in [1.54, 1.807) is 12.1 Å². The zero-order chi connectivity index (χ0) is 14.9. The molecule has 0 saturated carbocycles. The Labute approximate surface area is 133 Å². The molecule has 1 aromatic heterocycles. The molecule has 1 atom stereocenters. The van der Waals surface area contributed by atoms with Crippen molar-refractivity contribution in [2.75, 3.05) is 4.72 Å². The quantitative estimate of drug-likeness (QED) is 0.767. The molecule has 2 aromatic rings. The first-order chi connectivity index (χ1) is 9.33. The lowest BCUT2D eigenvalue weighted by Crippen LogP contribution is -2.18. The summed E-state index contributed by atoms with van der Waals surface area (Å²) in [4.78, 5) is 0.0227. The average molecular weight is 424 g/mol. The van der Waals surface area contributed by atoms with Crippen molar-refractivity contribution in [3.63, 3.8) is 0 Å². The SMILES string of the molecule is CC(Br)c1ccccc1NS(=O)(=O)c1c(Br)nnn1C. The summed E-state index contributed by atoms with van der Waals surface area (Å²) in [5, 5.41) is 7.34. The Hall–Kier alpha value is -0.930. The number of nitrogens with zero attached hydrogens (tertiary/aromatic N) is 3. The Morgan fingerprint density at radius 2 is 2.00 bits per heavy atom. The van der Waals surface area contributed by atoms with Gasteiger partial charge in [0.2, 0.25) is 5.03 Å². The first-order valence-corrected chi connectivity index (χ1v) is 8.83. The van der Waals surface area contributed by atoms with E-state index in [2.05, 4.69) is 46.9 Å². The second kappa shape index (κ2) is 5.82.